The van der Waals surface area contributed by atoms with E-state index in [0.717, 1.165) is 12.1 Å². The minimum Gasteiger partial charge on any atom is -0.508 e. The van der Waals surface area contributed by atoms with Crippen molar-refractivity contribution in [2.24, 2.45) is 0 Å². The highest BCUT2D eigenvalue weighted by atomic mass is 127. The largest absolute Gasteiger partial charge is 0.508 e. The summed E-state index contributed by atoms with van der Waals surface area (Å²) in [6, 6.07) is 3.55. The molecule has 0 saturated carbocycles. The second-order valence-corrected chi connectivity index (χ2v) is 6.94. The Bertz CT molecular complexity index is 480. The minimum absolute atomic E-state index is 0.00737. The maximum atomic E-state index is 13.2. The first-order valence-electron chi connectivity index (χ1n) is 6.41. The van der Waals surface area contributed by atoms with Crippen molar-refractivity contribution >= 4 is 22.6 Å². The van der Waals surface area contributed by atoms with E-state index >= 15 is 0 Å². The van der Waals surface area contributed by atoms with Crippen LogP contribution in [-0.2, 0) is 9.47 Å². The molecule has 0 radical (unpaired) electrons. The molecule has 0 unspecified atom stereocenters. The zero-order chi connectivity index (χ0) is 14.9. The standard InChI is InChI=1S/C14H18FIO4/c1-14(2)19-7-13(20-14)10(16)6-12(18)9-5-8(15)3-4-11(9)17/h3-5,10,12-13,17-18H,6-7H2,1-2H3/t10-,12+,13-/m0/s1. The minimum atomic E-state index is -0.945. The average Bonchev–Trinajstić information content (AvgIpc) is 2.72. The van der Waals surface area contributed by atoms with Gasteiger partial charge in [0.1, 0.15) is 11.6 Å². The van der Waals surface area contributed by atoms with Crippen LogP contribution in [0.1, 0.15) is 31.9 Å². The molecule has 1 aromatic carbocycles. The molecule has 2 rings (SSSR count). The Morgan fingerprint density at radius 2 is 2.20 bits per heavy atom. The van der Waals surface area contributed by atoms with Crippen LogP contribution in [0.15, 0.2) is 18.2 Å². The van der Waals surface area contributed by atoms with Gasteiger partial charge in [-0.25, -0.2) is 4.39 Å². The van der Waals surface area contributed by atoms with E-state index in [9.17, 15) is 14.6 Å². The van der Waals surface area contributed by atoms with Gasteiger partial charge >= 0.3 is 0 Å². The number of alkyl halides is 1. The number of ether oxygens (including phenoxy) is 2. The van der Waals surface area contributed by atoms with Crippen LogP contribution in [0.2, 0.25) is 0 Å². The van der Waals surface area contributed by atoms with Crippen molar-refractivity contribution in [2.75, 3.05) is 6.61 Å². The molecule has 20 heavy (non-hydrogen) atoms. The van der Waals surface area contributed by atoms with Gasteiger partial charge in [-0.2, -0.15) is 0 Å². The number of aromatic hydroxyl groups is 1. The van der Waals surface area contributed by atoms with E-state index in [4.69, 9.17) is 9.47 Å². The van der Waals surface area contributed by atoms with Crippen LogP contribution in [0.5, 0.6) is 5.75 Å². The summed E-state index contributed by atoms with van der Waals surface area (Å²) in [7, 11) is 0. The van der Waals surface area contributed by atoms with Crippen LogP contribution in [0, 0.1) is 5.82 Å². The number of phenols is 1. The molecule has 0 bridgehead atoms. The fourth-order valence-corrected chi connectivity index (χ4v) is 3.01. The molecule has 0 aromatic heterocycles. The molecule has 4 nitrogen and oxygen atoms in total. The zero-order valence-corrected chi connectivity index (χ0v) is 13.5. The van der Waals surface area contributed by atoms with E-state index < -0.39 is 17.7 Å². The van der Waals surface area contributed by atoms with E-state index in [0.29, 0.717) is 13.0 Å². The summed E-state index contributed by atoms with van der Waals surface area (Å²) in [5.41, 5.74) is 0.199. The molecule has 1 aromatic rings. The second kappa shape index (κ2) is 6.13. The monoisotopic (exact) mass is 396 g/mol. The topological polar surface area (TPSA) is 58.9 Å². The highest BCUT2D eigenvalue weighted by molar-refractivity contribution is 14.1. The van der Waals surface area contributed by atoms with Crippen molar-refractivity contribution in [3.8, 4) is 5.75 Å². The number of phenolic OH excluding ortho intramolecular Hbond substituents is 1. The molecule has 3 atom stereocenters. The van der Waals surface area contributed by atoms with Gasteiger partial charge in [0, 0.05) is 9.49 Å². The molecule has 1 aliphatic heterocycles. The van der Waals surface area contributed by atoms with Gasteiger partial charge in [0.15, 0.2) is 5.79 Å². The summed E-state index contributed by atoms with van der Waals surface area (Å²) in [6.45, 7) is 4.14. The van der Waals surface area contributed by atoms with Gasteiger partial charge in [0.05, 0.1) is 18.8 Å². The SMILES string of the molecule is CC1(C)OC[C@@H]([C@@H](I)C[C@@H](O)c2cc(F)ccc2O)O1. The quantitative estimate of drug-likeness (QED) is 0.607. The lowest BCUT2D eigenvalue weighted by Crippen LogP contribution is -2.28. The van der Waals surface area contributed by atoms with E-state index in [-0.39, 0.29) is 21.3 Å². The molecule has 1 heterocycles. The summed E-state index contributed by atoms with van der Waals surface area (Å²) in [6.07, 6.45) is -0.724. The summed E-state index contributed by atoms with van der Waals surface area (Å²) >= 11 is 2.18. The van der Waals surface area contributed by atoms with Crippen LogP contribution in [0.3, 0.4) is 0 Å². The van der Waals surface area contributed by atoms with Crippen LogP contribution in [0.25, 0.3) is 0 Å². The van der Waals surface area contributed by atoms with E-state index in [2.05, 4.69) is 22.6 Å². The maximum Gasteiger partial charge on any atom is 0.163 e. The lowest BCUT2D eigenvalue weighted by molar-refractivity contribution is -0.138. The Morgan fingerprint density at radius 1 is 1.50 bits per heavy atom. The Balaban J connectivity index is 2.00. The number of halogens is 2. The molecule has 1 saturated heterocycles. The fraction of sp³-hybridized carbons (Fsp3) is 0.571. The first kappa shape index (κ1) is 15.9. The van der Waals surface area contributed by atoms with E-state index in [1.165, 1.54) is 6.07 Å². The van der Waals surface area contributed by atoms with Gasteiger partial charge in [-0.3, -0.25) is 0 Å². The molecule has 1 fully saturated rings. The van der Waals surface area contributed by atoms with Crippen molar-refractivity contribution in [1.82, 2.24) is 0 Å². The third-order valence-corrected chi connectivity index (χ3v) is 4.54. The highest BCUT2D eigenvalue weighted by Crippen LogP contribution is 2.34. The van der Waals surface area contributed by atoms with E-state index in [1.54, 1.807) is 0 Å². The Hall–Kier alpha value is -0.440. The van der Waals surface area contributed by atoms with Gasteiger partial charge in [-0.15, -0.1) is 0 Å². The predicted molar refractivity (Wildman–Crippen MR) is 80.4 cm³/mol. The summed E-state index contributed by atoms with van der Waals surface area (Å²) in [4.78, 5) is 0. The third kappa shape index (κ3) is 3.81. The third-order valence-electron chi connectivity index (χ3n) is 3.23. The van der Waals surface area contributed by atoms with Gasteiger partial charge in [0.2, 0.25) is 0 Å². The van der Waals surface area contributed by atoms with Gasteiger partial charge in [-0.1, -0.05) is 22.6 Å². The van der Waals surface area contributed by atoms with Gasteiger partial charge in [0.25, 0.3) is 0 Å². The smallest absolute Gasteiger partial charge is 0.163 e. The number of rotatable bonds is 4. The molecule has 1 aliphatic rings. The summed E-state index contributed by atoms with van der Waals surface area (Å²) in [5, 5.41) is 19.8. The zero-order valence-electron chi connectivity index (χ0n) is 11.3. The fourth-order valence-electron chi connectivity index (χ4n) is 2.18. The maximum absolute atomic E-state index is 13.2. The van der Waals surface area contributed by atoms with Crippen LogP contribution in [0.4, 0.5) is 4.39 Å². The van der Waals surface area contributed by atoms with Crippen molar-refractivity contribution in [3.05, 3.63) is 29.6 Å². The number of benzene rings is 1. The Morgan fingerprint density at radius 3 is 2.80 bits per heavy atom. The molecule has 0 aliphatic carbocycles. The van der Waals surface area contributed by atoms with Gasteiger partial charge in [-0.05, 0) is 38.5 Å². The Kier molecular flexibility index (Phi) is 4.88. The lowest BCUT2D eigenvalue weighted by Gasteiger charge is -2.22. The number of hydrogen-bond donors (Lipinski definition) is 2. The molecule has 112 valence electrons. The van der Waals surface area contributed by atoms with Crippen LogP contribution in [-0.4, -0.2) is 32.6 Å². The molecule has 2 N–H and O–H groups in total. The van der Waals surface area contributed by atoms with Crippen molar-refractivity contribution in [2.45, 2.75) is 42.2 Å². The first-order valence-corrected chi connectivity index (χ1v) is 7.65. The average molecular weight is 396 g/mol. The van der Waals surface area contributed by atoms with Crippen molar-refractivity contribution < 1.29 is 24.1 Å². The lowest BCUT2D eigenvalue weighted by atomic mass is 10.0. The van der Waals surface area contributed by atoms with Crippen LogP contribution < -0.4 is 0 Å². The van der Waals surface area contributed by atoms with E-state index in [1.807, 2.05) is 13.8 Å². The normalized spacial score (nSPS) is 24.6. The highest BCUT2D eigenvalue weighted by Gasteiger charge is 2.37. The molecule has 0 amide bonds. The first-order chi connectivity index (χ1) is 9.28. The molecule has 6 heteroatoms. The number of aliphatic hydroxyl groups is 1. The number of hydrogen-bond acceptors (Lipinski definition) is 4. The molecule has 0 spiro atoms. The van der Waals surface area contributed by atoms with Crippen molar-refractivity contribution in [3.63, 3.8) is 0 Å². The second-order valence-electron chi connectivity index (χ2n) is 5.34. The Labute approximate surface area is 131 Å². The summed E-state index contributed by atoms with van der Waals surface area (Å²) < 4.78 is 24.4. The van der Waals surface area contributed by atoms with Gasteiger partial charge < -0.3 is 19.7 Å². The summed E-state index contributed by atoms with van der Waals surface area (Å²) in [5.74, 6) is -1.20. The van der Waals surface area contributed by atoms with Crippen molar-refractivity contribution in [1.29, 1.82) is 0 Å². The predicted octanol–water partition coefficient (Wildman–Crippen LogP) is 2.91. The molecular weight excluding hydrogens is 378 g/mol. The van der Waals surface area contributed by atoms with Crippen LogP contribution >= 0.6 is 22.6 Å². The molecular formula is C14H18FIO4. The number of aliphatic hydroxyl groups excluding tert-OH is 1.